The first-order chi connectivity index (χ1) is 8.69. The lowest BCUT2D eigenvalue weighted by Gasteiger charge is -2.14. The van der Waals surface area contributed by atoms with Gasteiger partial charge in [0.25, 0.3) is 0 Å². The molecular formula is C16H16ClF. The van der Waals surface area contributed by atoms with Crippen LogP contribution in [0.3, 0.4) is 0 Å². The summed E-state index contributed by atoms with van der Waals surface area (Å²) >= 11 is 6.03. The van der Waals surface area contributed by atoms with Crippen LogP contribution in [-0.4, -0.2) is 5.88 Å². The molecule has 0 nitrogen and oxygen atoms in total. The maximum atomic E-state index is 12.9. The first kappa shape index (κ1) is 13.1. The van der Waals surface area contributed by atoms with Crippen LogP contribution < -0.4 is 0 Å². The van der Waals surface area contributed by atoms with Crippen LogP contribution >= 0.6 is 11.6 Å². The highest BCUT2D eigenvalue weighted by Crippen LogP contribution is 2.23. The topological polar surface area (TPSA) is 0 Å². The number of alkyl halides is 1. The Kier molecular flexibility index (Phi) is 4.38. The van der Waals surface area contributed by atoms with E-state index in [4.69, 9.17) is 11.6 Å². The summed E-state index contributed by atoms with van der Waals surface area (Å²) in [6, 6.07) is 15.1. The summed E-state index contributed by atoms with van der Waals surface area (Å²) < 4.78 is 12.9. The minimum absolute atomic E-state index is 0.206. The van der Waals surface area contributed by atoms with Crippen molar-refractivity contribution in [3.8, 4) is 0 Å². The van der Waals surface area contributed by atoms with Crippen LogP contribution in [-0.2, 0) is 6.42 Å². The minimum atomic E-state index is -0.206. The second-order valence-corrected chi connectivity index (χ2v) is 4.90. The molecule has 0 amide bonds. The molecule has 0 fully saturated rings. The smallest absolute Gasteiger partial charge is 0.123 e. The van der Waals surface area contributed by atoms with Gasteiger partial charge < -0.3 is 0 Å². The van der Waals surface area contributed by atoms with Crippen molar-refractivity contribution in [1.29, 1.82) is 0 Å². The van der Waals surface area contributed by atoms with E-state index in [9.17, 15) is 4.39 Å². The van der Waals surface area contributed by atoms with Gasteiger partial charge in [-0.15, -0.1) is 11.6 Å². The van der Waals surface area contributed by atoms with Crippen molar-refractivity contribution in [2.24, 2.45) is 0 Å². The summed E-state index contributed by atoms with van der Waals surface area (Å²) in [7, 11) is 0. The third-order valence-electron chi connectivity index (χ3n) is 3.13. The number of hydrogen-bond donors (Lipinski definition) is 0. The molecular weight excluding hydrogens is 247 g/mol. The molecule has 2 heteroatoms. The Hall–Kier alpha value is -1.34. The monoisotopic (exact) mass is 262 g/mol. The van der Waals surface area contributed by atoms with Gasteiger partial charge in [0.05, 0.1) is 0 Å². The van der Waals surface area contributed by atoms with Crippen LogP contribution in [0, 0.1) is 12.7 Å². The lowest BCUT2D eigenvalue weighted by molar-refractivity contribution is 0.625. The molecule has 2 rings (SSSR count). The molecule has 0 bridgehead atoms. The van der Waals surface area contributed by atoms with Crippen LogP contribution in [0.2, 0.25) is 0 Å². The predicted molar refractivity (Wildman–Crippen MR) is 74.7 cm³/mol. The first-order valence-electron chi connectivity index (χ1n) is 6.06. The first-order valence-corrected chi connectivity index (χ1v) is 6.59. The number of hydrogen-bond acceptors (Lipinski definition) is 0. The fourth-order valence-electron chi connectivity index (χ4n) is 2.01. The molecule has 0 saturated heterocycles. The third kappa shape index (κ3) is 3.33. The van der Waals surface area contributed by atoms with Crippen LogP contribution in [0.4, 0.5) is 4.39 Å². The molecule has 2 aromatic carbocycles. The molecule has 2 aromatic rings. The Balaban J connectivity index is 2.14. The summed E-state index contributed by atoms with van der Waals surface area (Å²) in [6.07, 6.45) is 0.884. The van der Waals surface area contributed by atoms with Crippen molar-refractivity contribution in [3.63, 3.8) is 0 Å². The maximum absolute atomic E-state index is 12.9. The van der Waals surface area contributed by atoms with Crippen molar-refractivity contribution in [1.82, 2.24) is 0 Å². The molecule has 94 valence electrons. The molecule has 0 heterocycles. The lowest BCUT2D eigenvalue weighted by atomic mass is 9.93. The second kappa shape index (κ2) is 6.01. The van der Waals surface area contributed by atoms with Crippen molar-refractivity contribution < 1.29 is 4.39 Å². The molecule has 1 unspecified atom stereocenters. The van der Waals surface area contributed by atoms with Gasteiger partial charge in [0.15, 0.2) is 0 Å². The van der Waals surface area contributed by atoms with Crippen LogP contribution in [0.15, 0.2) is 48.5 Å². The molecule has 0 aromatic heterocycles. The molecule has 0 radical (unpaired) electrons. The molecule has 0 N–H and O–H groups in total. The minimum Gasteiger partial charge on any atom is -0.207 e. The molecule has 18 heavy (non-hydrogen) atoms. The van der Waals surface area contributed by atoms with Gasteiger partial charge in [0.1, 0.15) is 5.82 Å². The van der Waals surface area contributed by atoms with Gasteiger partial charge in [0.2, 0.25) is 0 Å². The summed E-state index contributed by atoms with van der Waals surface area (Å²) in [5.41, 5.74) is 3.60. The highest BCUT2D eigenvalue weighted by molar-refractivity contribution is 6.18. The van der Waals surface area contributed by atoms with E-state index in [1.54, 1.807) is 0 Å². The molecule has 0 spiro atoms. The quantitative estimate of drug-likeness (QED) is 0.701. The van der Waals surface area contributed by atoms with Gasteiger partial charge >= 0.3 is 0 Å². The number of rotatable bonds is 4. The summed E-state index contributed by atoms with van der Waals surface area (Å²) in [4.78, 5) is 0. The van der Waals surface area contributed by atoms with Crippen molar-refractivity contribution >= 4 is 11.6 Å². The number of aryl methyl sites for hydroxylation is 1. The average molecular weight is 263 g/mol. The van der Waals surface area contributed by atoms with Crippen LogP contribution in [0.1, 0.15) is 22.6 Å². The van der Waals surface area contributed by atoms with Gasteiger partial charge in [-0.25, -0.2) is 4.39 Å². The molecule has 0 aliphatic carbocycles. The Morgan fingerprint density at radius 3 is 2.17 bits per heavy atom. The normalized spacial score (nSPS) is 12.4. The zero-order valence-electron chi connectivity index (χ0n) is 10.4. The van der Waals surface area contributed by atoms with Crippen molar-refractivity contribution in [2.75, 3.05) is 5.88 Å². The van der Waals surface area contributed by atoms with Gasteiger partial charge in [-0.3, -0.25) is 0 Å². The van der Waals surface area contributed by atoms with E-state index in [0.717, 1.165) is 12.0 Å². The fraction of sp³-hybridized carbons (Fsp3) is 0.250. The lowest BCUT2D eigenvalue weighted by Crippen LogP contribution is -2.04. The zero-order valence-corrected chi connectivity index (χ0v) is 11.1. The van der Waals surface area contributed by atoms with Crippen molar-refractivity contribution in [2.45, 2.75) is 19.3 Å². The fourth-order valence-corrected chi connectivity index (χ4v) is 2.29. The molecule has 0 aliphatic rings. The van der Waals surface area contributed by atoms with Gasteiger partial charge in [-0.1, -0.05) is 42.0 Å². The largest absolute Gasteiger partial charge is 0.207 e. The van der Waals surface area contributed by atoms with Gasteiger partial charge in [0, 0.05) is 11.8 Å². The Morgan fingerprint density at radius 2 is 1.61 bits per heavy atom. The highest BCUT2D eigenvalue weighted by Gasteiger charge is 2.11. The Labute approximate surface area is 112 Å². The second-order valence-electron chi connectivity index (χ2n) is 4.59. The van der Waals surface area contributed by atoms with E-state index in [0.29, 0.717) is 5.88 Å². The van der Waals surface area contributed by atoms with Gasteiger partial charge in [-0.2, -0.15) is 0 Å². The zero-order chi connectivity index (χ0) is 13.0. The molecule has 0 saturated carbocycles. The van der Waals surface area contributed by atoms with E-state index in [-0.39, 0.29) is 11.7 Å². The Bertz CT molecular complexity index is 488. The van der Waals surface area contributed by atoms with Gasteiger partial charge in [-0.05, 0) is 36.6 Å². The van der Waals surface area contributed by atoms with E-state index in [1.165, 1.54) is 23.3 Å². The highest BCUT2D eigenvalue weighted by atomic mass is 35.5. The summed E-state index contributed by atoms with van der Waals surface area (Å²) in [6.45, 7) is 2.07. The number of halogens is 2. The Morgan fingerprint density at radius 1 is 1.00 bits per heavy atom. The number of benzene rings is 2. The maximum Gasteiger partial charge on any atom is 0.123 e. The van der Waals surface area contributed by atoms with E-state index in [2.05, 4.69) is 31.2 Å². The predicted octanol–water partition coefficient (Wildman–Crippen LogP) is 4.70. The van der Waals surface area contributed by atoms with E-state index >= 15 is 0 Å². The average Bonchev–Trinajstić information content (AvgIpc) is 2.39. The van der Waals surface area contributed by atoms with Crippen LogP contribution in [0.25, 0.3) is 0 Å². The summed E-state index contributed by atoms with van der Waals surface area (Å²) in [5, 5.41) is 0. The standard InChI is InChI=1S/C16H16ClF/c1-12-2-4-13(5-3-12)10-15(11-17)14-6-8-16(18)9-7-14/h2-9,15H,10-11H2,1H3. The third-order valence-corrected chi connectivity index (χ3v) is 3.50. The van der Waals surface area contributed by atoms with E-state index in [1.807, 2.05) is 12.1 Å². The van der Waals surface area contributed by atoms with Crippen molar-refractivity contribution in [3.05, 3.63) is 71.0 Å². The molecule has 1 atom stereocenters. The summed E-state index contributed by atoms with van der Waals surface area (Å²) in [5.74, 6) is 0.567. The van der Waals surface area contributed by atoms with Crippen LogP contribution in [0.5, 0.6) is 0 Å². The molecule has 0 aliphatic heterocycles. The SMILES string of the molecule is Cc1ccc(CC(CCl)c2ccc(F)cc2)cc1. The van der Waals surface area contributed by atoms with E-state index < -0.39 is 0 Å².